The summed E-state index contributed by atoms with van der Waals surface area (Å²) in [6.07, 6.45) is 1.63. The molecule has 5 heteroatoms. The number of furan rings is 1. The Balaban J connectivity index is 1.70. The van der Waals surface area contributed by atoms with E-state index in [0.717, 1.165) is 11.3 Å². The van der Waals surface area contributed by atoms with Crippen molar-refractivity contribution < 1.29 is 19.3 Å². The number of carbonyl (C=O) groups is 2. The van der Waals surface area contributed by atoms with Crippen LogP contribution in [0.15, 0.2) is 77.4 Å². The third kappa shape index (κ3) is 4.26. The maximum atomic E-state index is 12.4. The van der Waals surface area contributed by atoms with Crippen LogP contribution in [0.4, 0.5) is 5.69 Å². The van der Waals surface area contributed by atoms with Gasteiger partial charge >= 0.3 is 0 Å². The minimum atomic E-state index is -0.175. The highest BCUT2D eigenvalue weighted by molar-refractivity contribution is 6.03. The smallest absolute Gasteiger partial charge is 0.279 e. The summed E-state index contributed by atoms with van der Waals surface area (Å²) in [5, 5.41) is 4.74. The lowest BCUT2D eigenvalue weighted by molar-refractivity contribution is -0.678. The normalized spacial score (nSPS) is 11.7. The molecule has 132 valence electrons. The van der Waals surface area contributed by atoms with Crippen molar-refractivity contribution in [2.75, 3.05) is 11.9 Å². The summed E-state index contributed by atoms with van der Waals surface area (Å²) in [7, 11) is 0. The van der Waals surface area contributed by atoms with E-state index in [1.54, 1.807) is 30.5 Å². The number of amides is 1. The van der Waals surface area contributed by atoms with Gasteiger partial charge in [-0.05, 0) is 31.2 Å². The molecule has 3 aromatic rings. The highest BCUT2D eigenvalue weighted by Crippen LogP contribution is 2.18. The van der Waals surface area contributed by atoms with Crippen molar-refractivity contribution in [2.45, 2.75) is 13.0 Å². The maximum Gasteiger partial charge on any atom is 0.279 e. The highest BCUT2D eigenvalue weighted by atomic mass is 16.3. The number of nitrogens with one attached hydrogen (secondary N) is 1. The van der Waals surface area contributed by atoms with E-state index in [0.29, 0.717) is 11.3 Å². The Morgan fingerprint density at radius 3 is 2.42 bits per heavy atom. The Morgan fingerprint density at radius 1 is 1.00 bits per heavy atom. The third-order valence-corrected chi connectivity index (χ3v) is 4.13. The molecule has 2 aromatic carbocycles. The van der Waals surface area contributed by atoms with Gasteiger partial charge in [0.15, 0.2) is 24.1 Å². The summed E-state index contributed by atoms with van der Waals surface area (Å²) in [4.78, 5) is 24.1. The molecule has 1 aromatic heterocycles. The second kappa shape index (κ2) is 8.27. The van der Waals surface area contributed by atoms with E-state index in [9.17, 15) is 9.59 Å². The van der Waals surface area contributed by atoms with Gasteiger partial charge in [-0.15, -0.1) is 0 Å². The van der Waals surface area contributed by atoms with E-state index in [4.69, 9.17) is 4.42 Å². The standard InChI is InChI=1S/C21H20N2O3/c1-15(24)17-10-5-6-11-18(17)23-20(25)14-22-21(19-12-7-13-26-19)16-8-3-2-4-9-16/h2-13,21-22H,14H2,1H3,(H,23,25)/p+1/t21-/m0/s1. The van der Waals surface area contributed by atoms with Gasteiger partial charge in [-0.1, -0.05) is 42.5 Å². The molecule has 0 saturated carbocycles. The SMILES string of the molecule is CC(=O)c1ccccc1NC(=O)C[NH2+][C@@H](c1ccccc1)c1ccco1. The Labute approximate surface area is 152 Å². The fraction of sp³-hybridized carbons (Fsp3) is 0.143. The minimum absolute atomic E-state index is 0.0809. The quantitative estimate of drug-likeness (QED) is 0.644. The molecule has 0 aliphatic carbocycles. The zero-order valence-electron chi connectivity index (χ0n) is 14.5. The summed E-state index contributed by atoms with van der Waals surface area (Å²) in [6.45, 7) is 1.69. The van der Waals surface area contributed by atoms with Crippen molar-refractivity contribution in [3.05, 3.63) is 89.9 Å². The summed E-state index contributed by atoms with van der Waals surface area (Å²) in [5.41, 5.74) is 2.10. The van der Waals surface area contributed by atoms with E-state index in [2.05, 4.69) is 5.32 Å². The van der Waals surface area contributed by atoms with Gasteiger partial charge in [0.1, 0.15) is 0 Å². The van der Waals surface area contributed by atoms with Gasteiger partial charge in [-0.25, -0.2) is 0 Å². The molecule has 0 aliphatic heterocycles. The van der Waals surface area contributed by atoms with Crippen LogP contribution >= 0.6 is 0 Å². The second-order valence-corrected chi connectivity index (χ2v) is 5.99. The minimum Gasteiger partial charge on any atom is -0.463 e. The van der Waals surface area contributed by atoms with Crippen molar-refractivity contribution in [1.82, 2.24) is 0 Å². The summed E-state index contributed by atoms with van der Waals surface area (Å²) in [6, 6.07) is 20.5. The fourth-order valence-electron chi connectivity index (χ4n) is 2.87. The van der Waals surface area contributed by atoms with E-state index >= 15 is 0 Å². The fourth-order valence-corrected chi connectivity index (χ4v) is 2.87. The summed E-state index contributed by atoms with van der Waals surface area (Å²) >= 11 is 0. The molecule has 1 amide bonds. The molecule has 1 atom stereocenters. The topological polar surface area (TPSA) is 75.9 Å². The van der Waals surface area contributed by atoms with Gasteiger partial charge in [-0.3, -0.25) is 9.59 Å². The van der Waals surface area contributed by atoms with Crippen LogP contribution in [0.5, 0.6) is 0 Å². The Bertz CT molecular complexity index is 873. The van der Waals surface area contributed by atoms with E-state index in [1.165, 1.54) is 6.92 Å². The van der Waals surface area contributed by atoms with Crippen molar-refractivity contribution in [3.63, 3.8) is 0 Å². The van der Waals surface area contributed by atoms with Gasteiger partial charge in [-0.2, -0.15) is 0 Å². The lowest BCUT2D eigenvalue weighted by Gasteiger charge is -2.14. The highest BCUT2D eigenvalue weighted by Gasteiger charge is 2.21. The first kappa shape index (κ1) is 17.6. The predicted molar refractivity (Wildman–Crippen MR) is 98.9 cm³/mol. The van der Waals surface area contributed by atoms with E-state index in [-0.39, 0.29) is 24.3 Å². The van der Waals surface area contributed by atoms with Gasteiger partial charge < -0.3 is 15.1 Å². The van der Waals surface area contributed by atoms with Crippen LogP contribution < -0.4 is 10.6 Å². The molecule has 5 nitrogen and oxygen atoms in total. The maximum absolute atomic E-state index is 12.4. The van der Waals surface area contributed by atoms with Crippen molar-refractivity contribution >= 4 is 17.4 Å². The van der Waals surface area contributed by atoms with Crippen molar-refractivity contribution in [2.24, 2.45) is 0 Å². The molecule has 3 rings (SSSR count). The molecule has 0 saturated heterocycles. The number of anilines is 1. The van der Waals surface area contributed by atoms with Crippen LogP contribution in [0.25, 0.3) is 0 Å². The average molecular weight is 349 g/mol. The number of hydrogen-bond donors (Lipinski definition) is 2. The first-order chi connectivity index (χ1) is 12.6. The summed E-state index contributed by atoms with van der Waals surface area (Å²) < 4.78 is 5.54. The van der Waals surface area contributed by atoms with Gasteiger partial charge in [0, 0.05) is 11.1 Å². The largest absolute Gasteiger partial charge is 0.463 e. The number of nitrogens with two attached hydrogens (primary N) is 1. The lowest BCUT2D eigenvalue weighted by atomic mass is 10.0. The molecule has 1 heterocycles. The van der Waals surface area contributed by atoms with Crippen LogP contribution in [0.1, 0.15) is 34.6 Å². The molecule has 0 radical (unpaired) electrons. The molecule has 0 unspecified atom stereocenters. The first-order valence-electron chi connectivity index (χ1n) is 8.46. The number of Topliss-reactive ketones (excluding diaryl/α,β-unsaturated/α-hetero) is 1. The lowest BCUT2D eigenvalue weighted by Crippen LogP contribution is -2.87. The number of carbonyl (C=O) groups excluding carboxylic acids is 2. The zero-order valence-corrected chi connectivity index (χ0v) is 14.5. The second-order valence-electron chi connectivity index (χ2n) is 5.99. The van der Waals surface area contributed by atoms with Gasteiger partial charge in [0.05, 0.1) is 12.0 Å². The van der Waals surface area contributed by atoms with Crippen LogP contribution in [0.2, 0.25) is 0 Å². The van der Waals surface area contributed by atoms with Gasteiger partial charge in [0.2, 0.25) is 0 Å². The molecule has 0 bridgehead atoms. The van der Waals surface area contributed by atoms with E-state index < -0.39 is 0 Å². The number of benzene rings is 2. The Morgan fingerprint density at radius 2 is 1.73 bits per heavy atom. The number of quaternary nitrogens is 1. The van der Waals surface area contributed by atoms with E-state index in [1.807, 2.05) is 47.8 Å². The molecule has 0 spiro atoms. The van der Waals surface area contributed by atoms with Crippen LogP contribution in [-0.4, -0.2) is 18.2 Å². The number of rotatable bonds is 7. The third-order valence-electron chi connectivity index (χ3n) is 4.13. The molecular weight excluding hydrogens is 328 g/mol. The van der Waals surface area contributed by atoms with Crippen molar-refractivity contribution in [3.8, 4) is 0 Å². The van der Waals surface area contributed by atoms with Gasteiger partial charge in [0.25, 0.3) is 5.91 Å². The van der Waals surface area contributed by atoms with Crippen LogP contribution in [0, 0.1) is 0 Å². The Hall–Kier alpha value is -3.18. The molecule has 0 aliphatic rings. The number of para-hydroxylation sites is 1. The number of hydrogen-bond acceptors (Lipinski definition) is 3. The zero-order chi connectivity index (χ0) is 18.4. The molecule has 26 heavy (non-hydrogen) atoms. The summed E-state index contributed by atoms with van der Waals surface area (Å²) in [5.74, 6) is 0.530. The molecule has 0 fully saturated rings. The Kier molecular flexibility index (Phi) is 5.61. The predicted octanol–water partition coefficient (Wildman–Crippen LogP) is 2.77. The molecule has 3 N–H and O–H groups in total. The first-order valence-corrected chi connectivity index (χ1v) is 8.46. The average Bonchev–Trinajstić information content (AvgIpc) is 3.17. The molecular formula is C21H21N2O3+. The van der Waals surface area contributed by atoms with Crippen molar-refractivity contribution in [1.29, 1.82) is 0 Å². The monoisotopic (exact) mass is 349 g/mol. The van der Waals surface area contributed by atoms with Crippen LogP contribution in [0.3, 0.4) is 0 Å². The number of ketones is 1. The van der Waals surface area contributed by atoms with Crippen LogP contribution in [-0.2, 0) is 4.79 Å².